The van der Waals surface area contributed by atoms with Gasteiger partial charge in [-0.25, -0.2) is 9.18 Å². The van der Waals surface area contributed by atoms with Gasteiger partial charge in [0.25, 0.3) is 0 Å². The molecule has 5 heteroatoms. The lowest BCUT2D eigenvalue weighted by atomic mass is 10.2. The average molecular weight is 287 g/mol. The first kappa shape index (κ1) is 14.8. The molecule has 0 aromatic heterocycles. The van der Waals surface area contributed by atoms with Crippen molar-refractivity contribution in [3.63, 3.8) is 0 Å². The smallest absolute Gasteiger partial charge is 0.319 e. The number of carbonyl (C=O) groups excluding carboxylic acids is 1. The van der Waals surface area contributed by atoms with Gasteiger partial charge in [0.1, 0.15) is 5.82 Å². The number of nitrogens with zero attached hydrogens (tertiary/aromatic N) is 1. The van der Waals surface area contributed by atoms with Gasteiger partial charge in [-0.1, -0.05) is 24.3 Å². The largest absolute Gasteiger partial charge is 0.378 e. The molecule has 4 nitrogen and oxygen atoms in total. The molecule has 0 aliphatic carbocycles. The Hall–Kier alpha value is -2.56. The number of amides is 2. The zero-order valence-corrected chi connectivity index (χ0v) is 12.1. The fourth-order valence-corrected chi connectivity index (χ4v) is 1.82. The Labute approximate surface area is 123 Å². The lowest BCUT2D eigenvalue weighted by molar-refractivity contribution is 0.251. The lowest BCUT2D eigenvalue weighted by Crippen LogP contribution is -2.28. The Balaban J connectivity index is 1.88. The number of hydrogen-bond donors (Lipinski definition) is 2. The monoisotopic (exact) mass is 287 g/mol. The summed E-state index contributed by atoms with van der Waals surface area (Å²) in [5, 5.41) is 5.17. The van der Waals surface area contributed by atoms with Crippen LogP contribution >= 0.6 is 0 Å². The standard InChI is InChI=1S/C16H18FN3O/c1-20(2)13-9-7-12(8-10-13)11-18-16(21)19-15-6-4-3-5-14(15)17/h3-10H,11H2,1-2H3,(H2,18,19,21). The zero-order chi connectivity index (χ0) is 15.2. The predicted octanol–water partition coefficient (Wildman–Crippen LogP) is 3.21. The van der Waals surface area contributed by atoms with Gasteiger partial charge in [0.2, 0.25) is 0 Å². The number of para-hydroxylation sites is 1. The molecule has 0 saturated heterocycles. The Morgan fingerprint density at radius 2 is 1.76 bits per heavy atom. The molecular formula is C16H18FN3O. The summed E-state index contributed by atoms with van der Waals surface area (Å²) in [7, 11) is 3.93. The molecule has 0 bridgehead atoms. The van der Waals surface area contributed by atoms with E-state index in [2.05, 4.69) is 10.6 Å². The van der Waals surface area contributed by atoms with Crippen LogP contribution in [0.1, 0.15) is 5.56 Å². The van der Waals surface area contributed by atoms with Crippen molar-refractivity contribution < 1.29 is 9.18 Å². The minimum absolute atomic E-state index is 0.165. The van der Waals surface area contributed by atoms with Gasteiger partial charge in [-0.2, -0.15) is 0 Å². The van der Waals surface area contributed by atoms with E-state index in [0.29, 0.717) is 6.54 Å². The van der Waals surface area contributed by atoms with Crippen molar-refractivity contribution in [2.75, 3.05) is 24.3 Å². The quantitative estimate of drug-likeness (QED) is 0.907. The Bertz CT molecular complexity index is 611. The van der Waals surface area contributed by atoms with E-state index in [1.807, 2.05) is 43.3 Å². The van der Waals surface area contributed by atoms with Crippen molar-refractivity contribution in [2.24, 2.45) is 0 Å². The topological polar surface area (TPSA) is 44.4 Å². The van der Waals surface area contributed by atoms with Crippen LogP contribution < -0.4 is 15.5 Å². The lowest BCUT2D eigenvalue weighted by Gasteiger charge is -2.13. The van der Waals surface area contributed by atoms with Crippen molar-refractivity contribution >= 4 is 17.4 Å². The highest BCUT2D eigenvalue weighted by atomic mass is 19.1. The molecule has 0 unspecified atom stereocenters. The number of halogens is 1. The normalized spacial score (nSPS) is 10.0. The van der Waals surface area contributed by atoms with Crippen LogP contribution in [0.15, 0.2) is 48.5 Å². The minimum atomic E-state index is -0.456. The van der Waals surface area contributed by atoms with Gasteiger partial charge >= 0.3 is 6.03 Å². The maximum Gasteiger partial charge on any atom is 0.319 e. The van der Waals surface area contributed by atoms with Crippen molar-refractivity contribution in [3.8, 4) is 0 Å². The SMILES string of the molecule is CN(C)c1ccc(CNC(=O)Nc2ccccc2F)cc1. The summed E-state index contributed by atoms with van der Waals surface area (Å²) < 4.78 is 13.4. The van der Waals surface area contributed by atoms with Gasteiger partial charge < -0.3 is 15.5 Å². The first-order valence-corrected chi connectivity index (χ1v) is 6.62. The number of carbonyl (C=O) groups is 1. The Morgan fingerprint density at radius 3 is 2.38 bits per heavy atom. The fourth-order valence-electron chi connectivity index (χ4n) is 1.82. The van der Waals surface area contributed by atoms with E-state index in [1.54, 1.807) is 12.1 Å². The second-order valence-corrected chi connectivity index (χ2v) is 4.85. The molecule has 2 aromatic rings. The molecule has 21 heavy (non-hydrogen) atoms. The van der Waals surface area contributed by atoms with E-state index >= 15 is 0 Å². The number of anilines is 2. The van der Waals surface area contributed by atoms with Crippen LogP contribution in [0, 0.1) is 5.82 Å². The third-order valence-corrected chi connectivity index (χ3v) is 3.03. The van der Waals surface area contributed by atoms with Crippen LogP contribution in [0.4, 0.5) is 20.6 Å². The molecule has 2 N–H and O–H groups in total. The average Bonchev–Trinajstić information content (AvgIpc) is 2.48. The van der Waals surface area contributed by atoms with Crippen LogP contribution in [-0.4, -0.2) is 20.1 Å². The number of hydrogen-bond acceptors (Lipinski definition) is 2. The molecular weight excluding hydrogens is 269 g/mol. The highest BCUT2D eigenvalue weighted by molar-refractivity contribution is 5.89. The maximum atomic E-state index is 13.4. The van der Waals surface area contributed by atoms with Crippen molar-refractivity contribution in [3.05, 3.63) is 59.9 Å². The zero-order valence-electron chi connectivity index (χ0n) is 12.1. The third-order valence-electron chi connectivity index (χ3n) is 3.03. The molecule has 0 spiro atoms. The molecule has 2 rings (SSSR count). The van der Waals surface area contributed by atoms with E-state index in [-0.39, 0.29) is 5.69 Å². The fraction of sp³-hybridized carbons (Fsp3) is 0.188. The van der Waals surface area contributed by atoms with Gasteiger partial charge in [-0.15, -0.1) is 0 Å². The van der Waals surface area contributed by atoms with Crippen molar-refractivity contribution in [1.29, 1.82) is 0 Å². The number of nitrogens with one attached hydrogen (secondary N) is 2. The van der Waals surface area contributed by atoms with Gasteiger partial charge in [0.05, 0.1) is 5.69 Å². The molecule has 0 aliphatic rings. The Kier molecular flexibility index (Phi) is 4.77. The highest BCUT2D eigenvalue weighted by Crippen LogP contribution is 2.13. The van der Waals surface area contributed by atoms with Gasteiger partial charge in [-0.3, -0.25) is 0 Å². The predicted molar refractivity (Wildman–Crippen MR) is 83.0 cm³/mol. The number of rotatable bonds is 4. The summed E-state index contributed by atoms with van der Waals surface area (Å²) in [6.07, 6.45) is 0. The summed E-state index contributed by atoms with van der Waals surface area (Å²) in [6.45, 7) is 0.383. The molecule has 110 valence electrons. The van der Waals surface area contributed by atoms with E-state index in [4.69, 9.17) is 0 Å². The maximum absolute atomic E-state index is 13.4. The summed E-state index contributed by atoms with van der Waals surface area (Å²) in [6, 6.07) is 13.5. The molecule has 2 amide bonds. The first-order chi connectivity index (χ1) is 10.1. The minimum Gasteiger partial charge on any atom is -0.378 e. The number of benzene rings is 2. The first-order valence-electron chi connectivity index (χ1n) is 6.62. The van der Waals surface area contributed by atoms with Gasteiger partial charge in [-0.05, 0) is 29.8 Å². The van der Waals surface area contributed by atoms with Crippen molar-refractivity contribution in [2.45, 2.75) is 6.54 Å². The molecule has 0 fully saturated rings. The Morgan fingerprint density at radius 1 is 1.10 bits per heavy atom. The van der Waals surface area contributed by atoms with Crippen molar-refractivity contribution in [1.82, 2.24) is 5.32 Å². The molecule has 2 aromatic carbocycles. The van der Waals surface area contributed by atoms with Crippen LogP contribution in [0.5, 0.6) is 0 Å². The summed E-state index contributed by atoms with van der Waals surface area (Å²) in [5.74, 6) is -0.456. The second kappa shape index (κ2) is 6.74. The van der Waals surface area contributed by atoms with Crippen LogP contribution in [0.2, 0.25) is 0 Å². The summed E-state index contributed by atoms with van der Waals surface area (Å²) in [4.78, 5) is 13.7. The highest BCUT2D eigenvalue weighted by Gasteiger charge is 2.05. The van der Waals surface area contributed by atoms with Gasteiger partial charge in [0.15, 0.2) is 0 Å². The molecule has 0 heterocycles. The molecule has 0 radical (unpaired) electrons. The van der Waals surface area contributed by atoms with E-state index in [9.17, 15) is 9.18 Å². The number of urea groups is 1. The summed E-state index contributed by atoms with van der Waals surface area (Å²) >= 11 is 0. The summed E-state index contributed by atoms with van der Waals surface area (Å²) in [5.41, 5.74) is 2.23. The van der Waals surface area contributed by atoms with Crippen LogP contribution in [-0.2, 0) is 6.54 Å². The van der Waals surface area contributed by atoms with Crippen LogP contribution in [0.25, 0.3) is 0 Å². The second-order valence-electron chi connectivity index (χ2n) is 4.85. The third kappa shape index (κ3) is 4.21. The van der Waals surface area contributed by atoms with E-state index < -0.39 is 11.8 Å². The van der Waals surface area contributed by atoms with E-state index in [0.717, 1.165) is 11.3 Å². The van der Waals surface area contributed by atoms with E-state index in [1.165, 1.54) is 12.1 Å². The van der Waals surface area contributed by atoms with Crippen LogP contribution in [0.3, 0.4) is 0 Å². The molecule has 0 saturated carbocycles. The molecule has 0 aliphatic heterocycles. The molecule has 0 atom stereocenters. The van der Waals surface area contributed by atoms with Gasteiger partial charge in [0, 0.05) is 26.3 Å².